The van der Waals surface area contributed by atoms with E-state index in [4.69, 9.17) is 4.98 Å². The number of ketones is 1. The van der Waals surface area contributed by atoms with E-state index in [9.17, 15) is 4.79 Å². The van der Waals surface area contributed by atoms with Crippen molar-refractivity contribution in [2.24, 2.45) is 0 Å². The quantitative estimate of drug-likeness (QED) is 0.687. The van der Waals surface area contributed by atoms with Crippen LogP contribution in [0.2, 0.25) is 0 Å². The van der Waals surface area contributed by atoms with Crippen molar-refractivity contribution in [2.75, 3.05) is 31.1 Å². The summed E-state index contributed by atoms with van der Waals surface area (Å²) in [4.78, 5) is 20.2. The van der Waals surface area contributed by atoms with Crippen molar-refractivity contribution >= 4 is 34.1 Å². The van der Waals surface area contributed by atoms with Crippen molar-refractivity contribution in [1.82, 2.24) is 4.98 Å². The number of nitrogens with one attached hydrogen (secondary N) is 1. The van der Waals surface area contributed by atoms with Gasteiger partial charge in [0.2, 0.25) is 0 Å². The van der Waals surface area contributed by atoms with Gasteiger partial charge >= 0.3 is 0 Å². The van der Waals surface area contributed by atoms with Gasteiger partial charge in [-0.1, -0.05) is 0 Å². The number of nitrogens with zero attached hydrogens (tertiary/aromatic N) is 2. The summed E-state index contributed by atoms with van der Waals surface area (Å²) in [5.41, 5.74) is 4.43. The highest BCUT2D eigenvalue weighted by molar-refractivity contribution is 7.14. The lowest BCUT2D eigenvalue weighted by Gasteiger charge is -2.33. The molecular formula is C20H22N3OS2+. The fourth-order valence-corrected chi connectivity index (χ4v) is 4.86. The van der Waals surface area contributed by atoms with Crippen molar-refractivity contribution in [3.8, 4) is 10.6 Å². The second-order valence-corrected chi connectivity index (χ2v) is 8.31. The number of hydrogen-bond donors (Lipinski definition) is 1. The summed E-state index contributed by atoms with van der Waals surface area (Å²) in [6, 6.07) is 10.1. The van der Waals surface area contributed by atoms with Crippen LogP contribution >= 0.6 is 22.7 Å². The molecule has 0 amide bonds. The van der Waals surface area contributed by atoms with Gasteiger partial charge in [0.15, 0.2) is 5.78 Å². The summed E-state index contributed by atoms with van der Waals surface area (Å²) >= 11 is 3.46. The van der Waals surface area contributed by atoms with E-state index in [1.54, 1.807) is 34.5 Å². The van der Waals surface area contributed by atoms with Gasteiger partial charge in [-0.15, -0.1) is 11.3 Å². The lowest BCUT2D eigenvalue weighted by atomic mass is 10.1. The molecule has 0 saturated carbocycles. The number of benzene rings is 1. The maximum Gasteiger partial charge on any atom is 0.159 e. The zero-order valence-electron chi connectivity index (χ0n) is 14.8. The van der Waals surface area contributed by atoms with Crippen molar-refractivity contribution in [3.05, 3.63) is 57.7 Å². The van der Waals surface area contributed by atoms with E-state index in [1.165, 1.54) is 16.9 Å². The molecule has 0 spiro atoms. The van der Waals surface area contributed by atoms with Crippen molar-refractivity contribution in [2.45, 2.75) is 13.5 Å². The van der Waals surface area contributed by atoms with Crippen LogP contribution in [0.5, 0.6) is 0 Å². The Balaban J connectivity index is 1.33. The number of aromatic nitrogens is 1. The zero-order valence-corrected chi connectivity index (χ0v) is 16.4. The van der Waals surface area contributed by atoms with Crippen LogP contribution in [0.15, 0.2) is 46.5 Å². The molecule has 0 bridgehead atoms. The topological polar surface area (TPSA) is 37.6 Å². The van der Waals surface area contributed by atoms with Crippen LogP contribution in [0.3, 0.4) is 0 Å². The van der Waals surface area contributed by atoms with Crippen LogP contribution in [-0.4, -0.2) is 36.9 Å². The van der Waals surface area contributed by atoms with Crippen molar-refractivity contribution < 1.29 is 9.69 Å². The molecule has 1 aliphatic rings. The van der Waals surface area contributed by atoms with Crippen molar-refractivity contribution in [1.29, 1.82) is 0 Å². The first-order valence-electron chi connectivity index (χ1n) is 8.85. The largest absolute Gasteiger partial charge is 0.360 e. The molecule has 3 aromatic rings. The highest BCUT2D eigenvalue weighted by Crippen LogP contribution is 2.25. The van der Waals surface area contributed by atoms with Crippen LogP contribution < -0.4 is 9.80 Å². The van der Waals surface area contributed by atoms with E-state index >= 15 is 0 Å². The van der Waals surface area contributed by atoms with E-state index < -0.39 is 0 Å². The van der Waals surface area contributed by atoms with Gasteiger partial charge in [0.05, 0.1) is 26.2 Å². The summed E-state index contributed by atoms with van der Waals surface area (Å²) in [6.45, 7) is 6.91. The van der Waals surface area contributed by atoms with Gasteiger partial charge in [0.25, 0.3) is 0 Å². The molecule has 6 heteroatoms. The fourth-order valence-electron chi connectivity index (χ4n) is 3.33. The molecule has 134 valence electrons. The SMILES string of the molecule is CC(=O)c1ccc(N2CC[NH+](Cc3csc(-c4ccsc4)n3)CC2)cc1. The Morgan fingerprint density at radius 1 is 1.15 bits per heavy atom. The molecule has 3 heterocycles. The number of Topliss-reactive ketones (excluding diaryl/α,β-unsaturated/α-hetero) is 1. The van der Waals surface area contributed by atoms with Crippen LogP contribution in [0.25, 0.3) is 10.6 Å². The molecule has 4 rings (SSSR count). The third-order valence-electron chi connectivity index (χ3n) is 4.86. The minimum absolute atomic E-state index is 0.121. The molecule has 4 nitrogen and oxygen atoms in total. The summed E-state index contributed by atoms with van der Waals surface area (Å²) in [5.74, 6) is 0.121. The highest BCUT2D eigenvalue weighted by Gasteiger charge is 2.21. The van der Waals surface area contributed by atoms with E-state index in [1.807, 2.05) is 12.1 Å². The molecule has 0 aliphatic carbocycles. The number of thiophene rings is 1. The van der Waals surface area contributed by atoms with E-state index in [0.29, 0.717) is 0 Å². The van der Waals surface area contributed by atoms with Crippen molar-refractivity contribution in [3.63, 3.8) is 0 Å². The number of rotatable bonds is 5. The molecule has 1 aromatic carbocycles. The van der Waals surface area contributed by atoms with Gasteiger partial charge in [0.1, 0.15) is 17.2 Å². The lowest BCUT2D eigenvalue weighted by molar-refractivity contribution is -0.914. The molecule has 0 unspecified atom stereocenters. The first-order chi connectivity index (χ1) is 12.7. The van der Waals surface area contributed by atoms with Crippen LogP contribution in [0.1, 0.15) is 23.0 Å². The predicted octanol–water partition coefficient (Wildman–Crippen LogP) is 2.98. The highest BCUT2D eigenvalue weighted by atomic mass is 32.1. The summed E-state index contributed by atoms with van der Waals surface area (Å²) < 4.78 is 0. The van der Waals surface area contributed by atoms with Crippen LogP contribution in [-0.2, 0) is 6.54 Å². The Kier molecular flexibility index (Phi) is 5.15. The predicted molar refractivity (Wildman–Crippen MR) is 108 cm³/mol. The molecule has 26 heavy (non-hydrogen) atoms. The second-order valence-electron chi connectivity index (χ2n) is 6.67. The lowest BCUT2D eigenvalue weighted by Crippen LogP contribution is -3.13. The number of carbonyl (C=O) groups is 1. The first-order valence-corrected chi connectivity index (χ1v) is 10.7. The number of piperazine rings is 1. The van der Waals surface area contributed by atoms with Gasteiger partial charge in [-0.3, -0.25) is 4.79 Å². The van der Waals surface area contributed by atoms with E-state index in [0.717, 1.165) is 43.3 Å². The van der Waals surface area contributed by atoms with Crippen LogP contribution in [0, 0.1) is 0 Å². The Hall–Kier alpha value is -2.02. The number of anilines is 1. The number of quaternary nitrogens is 1. The normalized spacial score (nSPS) is 15.3. The molecule has 1 saturated heterocycles. The summed E-state index contributed by atoms with van der Waals surface area (Å²) in [5, 5.41) is 7.59. The minimum Gasteiger partial charge on any atom is -0.360 e. The number of carbonyl (C=O) groups excluding carboxylic acids is 1. The Morgan fingerprint density at radius 3 is 2.58 bits per heavy atom. The average Bonchev–Trinajstić information content (AvgIpc) is 3.34. The van der Waals surface area contributed by atoms with Gasteiger partial charge in [-0.2, -0.15) is 11.3 Å². The molecule has 1 N–H and O–H groups in total. The van der Waals surface area contributed by atoms with Gasteiger partial charge in [-0.05, 0) is 42.6 Å². The van der Waals surface area contributed by atoms with Gasteiger partial charge in [-0.25, -0.2) is 4.98 Å². The van der Waals surface area contributed by atoms with Gasteiger partial charge in [0, 0.05) is 27.6 Å². The molecule has 2 aromatic heterocycles. The monoisotopic (exact) mass is 384 g/mol. The fraction of sp³-hybridized carbons (Fsp3) is 0.300. The minimum atomic E-state index is 0.121. The second kappa shape index (κ2) is 7.70. The third kappa shape index (κ3) is 3.87. The molecule has 0 radical (unpaired) electrons. The standard InChI is InChI=1S/C20H21N3OS2/c1-15(24)16-2-4-19(5-3-16)23-9-7-22(8-10-23)12-18-14-26-20(21-18)17-6-11-25-13-17/h2-6,11,13-14H,7-10,12H2,1H3/p+1. The molecule has 1 fully saturated rings. The average molecular weight is 385 g/mol. The smallest absolute Gasteiger partial charge is 0.159 e. The Bertz CT molecular complexity index is 863. The van der Waals surface area contributed by atoms with Gasteiger partial charge < -0.3 is 9.80 Å². The van der Waals surface area contributed by atoms with Crippen LogP contribution in [0.4, 0.5) is 5.69 Å². The number of hydrogen-bond acceptors (Lipinski definition) is 5. The summed E-state index contributed by atoms with van der Waals surface area (Å²) in [6.07, 6.45) is 0. The maximum absolute atomic E-state index is 11.4. The Labute approximate surface area is 161 Å². The van der Waals surface area contributed by atoms with E-state index in [2.05, 4.69) is 39.2 Å². The Morgan fingerprint density at radius 2 is 1.92 bits per heavy atom. The third-order valence-corrected chi connectivity index (χ3v) is 6.48. The molecule has 1 aliphatic heterocycles. The zero-order chi connectivity index (χ0) is 17.9. The van der Waals surface area contributed by atoms with E-state index in [-0.39, 0.29) is 5.78 Å². The number of thiazole rings is 1. The molecule has 0 atom stereocenters. The maximum atomic E-state index is 11.4. The molecular weight excluding hydrogens is 362 g/mol. The first kappa shape index (κ1) is 17.4. The summed E-state index contributed by atoms with van der Waals surface area (Å²) in [7, 11) is 0.